The molecular weight excluding hydrogens is 366 g/mol. The van der Waals surface area contributed by atoms with Crippen molar-refractivity contribution in [3.63, 3.8) is 0 Å². The van der Waals surface area contributed by atoms with Crippen LogP contribution < -0.4 is 4.74 Å². The maximum absolute atomic E-state index is 6.22. The molecule has 4 nitrogen and oxygen atoms in total. The van der Waals surface area contributed by atoms with Gasteiger partial charge < -0.3 is 4.74 Å². The zero-order chi connectivity index (χ0) is 20.1. The third-order valence-electron chi connectivity index (χ3n) is 4.77. The van der Waals surface area contributed by atoms with Gasteiger partial charge in [0.1, 0.15) is 5.75 Å². The van der Waals surface area contributed by atoms with Crippen molar-refractivity contribution in [1.29, 1.82) is 0 Å². The molecule has 0 saturated carbocycles. The quantitative estimate of drug-likeness (QED) is 0.357. The van der Waals surface area contributed by atoms with E-state index in [0.717, 1.165) is 28.0 Å². The van der Waals surface area contributed by atoms with E-state index in [2.05, 4.69) is 72.4 Å². The van der Waals surface area contributed by atoms with Crippen LogP contribution in [0.1, 0.15) is 41.1 Å². The minimum atomic E-state index is -0.207. The molecule has 2 aromatic carbocycles. The van der Waals surface area contributed by atoms with Crippen LogP contribution in [0, 0.1) is 20.8 Å². The van der Waals surface area contributed by atoms with Crippen molar-refractivity contribution in [2.75, 3.05) is 0 Å². The summed E-state index contributed by atoms with van der Waals surface area (Å²) in [5.41, 5.74) is 4.90. The number of thioether (sulfide) groups is 1. The SMILES string of the molecule is C=CCn1c(SCc2ccc(C)cc2)nnc1C(C)Oc1cccc(C)c1C. The van der Waals surface area contributed by atoms with Gasteiger partial charge >= 0.3 is 0 Å². The minimum absolute atomic E-state index is 0.207. The highest BCUT2D eigenvalue weighted by atomic mass is 32.2. The molecule has 1 aromatic heterocycles. The van der Waals surface area contributed by atoms with Crippen LogP contribution in [0.15, 0.2) is 60.3 Å². The fourth-order valence-corrected chi connectivity index (χ4v) is 3.85. The second-order valence-corrected chi connectivity index (χ2v) is 7.91. The smallest absolute Gasteiger partial charge is 0.191 e. The van der Waals surface area contributed by atoms with E-state index in [1.54, 1.807) is 11.8 Å². The Balaban J connectivity index is 1.78. The van der Waals surface area contributed by atoms with Gasteiger partial charge in [0.25, 0.3) is 0 Å². The number of aromatic nitrogens is 3. The Morgan fingerprint density at radius 1 is 1.11 bits per heavy atom. The van der Waals surface area contributed by atoms with Gasteiger partial charge in [-0.2, -0.15) is 0 Å². The molecule has 0 amide bonds. The van der Waals surface area contributed by atoms with Crippen LogP contribution in [0.2, 0.25) is 0 Å². The predicted molar refractivity (Wildman–Crippen MR) is 116 cm³/mol. The van der Waals surface area contributed by atoms with Crippen molar-refractivity contribution in [2.24, 2.45) is 0 Å². The molecule has 28 heavy (non-hydrogen) atoms. The Labute approximate surface area is 171 Å². The minimum Gasteiger partial charge on any atom is -0.482 e. The van der Waals surface area contributed by atoms with Crippen LogP contribution in [0.4, 0.5) is 0 Å². The standard InChI is InChI=1S/C23H27N3OS/c1-6-14-26-22(19(5)27-21-9-7-8-17(3)18(21)4)24-25-23(26)28-15-20-12-10-16(2)11-13-20/h6-13,19H,1,14-15H2,2-5H3. The average Bonchev–Trinajstić information content (AvgIpc) is 3.08. The van der Waals surface area contributed by atoms with Gasteiger partial charge in [-0.05, 0) is 50.5 Å². The van der Waals surface area contributed by atoms with Crippen LogP contribution in [-0.4, -0.2) is 14.8 Å². The van der Waals surface area contributed by atoms with Crippen LogP contribution in [0.3, 0.4) is 0 Å². The largest absolute Gasteiger partial charge is 0.482 e. The molecule has 1 unspecified atom stereocenters. The van der Waals surface area contributed by atoms with E-state index in [1.807, 2.05) is 25.1 Å². The summed E-state index contributed by atoms with van der Waals surface area (Å²) in [6.07, 6.45) is 1.66. The second kappa shape index (κ2) is 9.11. The molecule has 146 valence electrons. The van der Waals surface area contributed by atoms with Crippen molar-refractivity contribution in [1.82, 2.24) is 14.8 Å². The molecule has 0 saturated heterocycles. The highest BCUT2D eigenvalue weighted by Gasteiger charge is 2.20. The monoisotopic (exact) mass is 393 g/mol. The molecule has 1 atom stereocenters. The first-order valence-corrected chi connectivity index (χ1v) is 10.4. The van der Waals surface area contributed by atoms with Gasteiger partial charge in [0, 0.05) is 12.3 Å². The van der Waals surface area contributed by atoms with Crippen molar-refractivity contribution in [3.8, 4) is 5.75 Å². The van der Waals surface area contributed by atoms with Crippen LogP contribution in [-0.2, 0) is 12.3 Å². The summed E-state index contributed by atoms with van der Waals surface area (Å²) in [5.74, 6) is 2.55. The highest BCUT2D eigenvalue weighted by molar-refractivity contribution is 7.98. The first-order chi connectivity index (χ1) is 13.5. The van der Waals surface area contributed by atoms with Gasteiger partial charge in [-0.15, -0.1) is 16.8 Å². The molecule has 0 fully saturated rings. The maximum atomic E-state index is 6.22. The Kier molecular flexibility index (Phi) is 6.57. The summed E-state index contributed by atoms with van der Waals surface area (Å²) in [5, 5.41) is 9.73. The van der Waals surface area contributed by atoms with E-state index in [4.69, 9.17) is 4.74 Å². The lowest BCUT2D eigenvalue weighted by atomic mass is 10.1. The van der Waals surface area contributed by atoms with Gasteiger partial charge in [-0.1, -0.05) is 59.8 Å². The molecule has 0 N–H and O–H groups in total. The first-order valence-electron chi connectivity index (χ1n) is 9.44. The molecule has 0 aliphatic heterocycles. The lowest BCUT2D eigenvalue weighted by Gasteiger charge is -2.18. The summed E-state index contributed by atoms with van der Waals surface area (Å²) in [7, 11) is 0. The summed E-state index contributed by atoms with van der Waals surface area (Å²) in [6, 6.07) is 14.7. The normalized spacial score (nSPS) is 12.0. The van der Waals surface area contributed by atoms with Crippen molar-refractivity contribution >= 4 is 11.8 Å². The molecule has 1 heterocycles. The lowest BCUT2D eigenvalue weighted by Crippen LogP contribution is -2.12. The molecule has 3 aromatic rings. The number of ether oxygens (including phenoxy) is 1. The van der Waals surface area contributed by atoms with Crippen molar-refractivity contribution in [3.05, 3.63) is 83.2 Å². The van der Waals surface area contributed by atoms with Crippen LogP contribution in [0.25, 0.3) is 0 Å². The second-order valence-electron chi connectivity index (χ2n) is 6.97. The van der Waals surface area contributed by atoms with E-state index >= 15 is 0 Å². The zero-order valence-electron chi connectivity index (χ0n) is 17.0. The molecule has 0 radical (unpaired) electrons. The summed E-state index contributed by atoms with van der Waals surface area (Å²) < 4.78 is 8.31. The van der Waals surface area contributed by atoms with Gasteiger partial charge in [-0.25, -0.2) is 0 Å². The number of hydrogen-bond donors (Lipinski definition) is 0. The fourth-order valence-electron chi connectivity index (χ4n) is 2.94. The Morgan fingerprint density at radius 2 is 1.86 bits per heavy atom. The molecule has 3 rings (SSSR count). The topological polar surface area (TPSA) is 39.9 Å². The van der Waals surface area contributed by atoms with E-state index in [0.29, 0.717) is 6.54 Å². The van der Waals surface area contributed by atoms with E-state index in [9.17, 15) is 0 Å². The Bertz CT molecular complexity index is 947. The maximum Gasteiger partial charge on any atom is 0.191 e. The number of rotatable bonds is 8. The van der Waals surface area contributed by atoms with Crippen LogP contribution >= 0.6 is 11.8 Å². The summed E-state index contributed by atoms with van der Waals surface area (Å²) in [4.78, 5) is 0. The molecular formula is C23H27N3OS. The summed E-state index contributed by atoms with van der Waals surface area (Å²) >= 11 is 1.68. The van der Waals surface area contributed by atoms with Gasteiger partial charge in [0.05, 0.1) is 0 Å². The number of benzene rings is 2. The van der Waals surface area contributed by atoms with Gasteiger partial charge in [0.15, 0.2) is 17.1 Å². The number of aryl methyl sites for hydroxylation is 2. The number of nitrogens with zero attached hydrogens (tertiary/aromatic N) is 3. The van der Waals surface area contributed by atoms with Crippen LogP contribution in [0.5, 0.6) is 5.75 Å². The third-order valence-corrected chi connectivity index (χ3v) is 5.81. The average molecular weight is 394 g/mol. The van der Waals surface area contributed by atoms with E-state index in [1.165, 1.54) is 16.7 Å². The molecule has 5 heteroatoms. The van der Waals surface area contributed by atoms with E-state index < -0.39 is 0 Å². The van der Waals surface area contributed by atoms with Gasteiger partial charge in [-0.3, -0.25) is 4.57 Å². The fraction of sp³-hybridized carbons (Fsp3) is 0.304. The first kappa shape index (κ1) is 20.2. The number of allylic oxidation sites excluding steroid dienone is 1. The molecule has 0 bridgehead atoms. The number of hydrogen-bond acceptors (Lipinski definition) is 4. The molecule has 0 aliphatic rings. The van der Waals surface area contributed by atoms with Crippen molar-refractivity contribution < 1.29 is 4.74 Å². The Hall–Kier alpha value is -2.53. The summed E-state index contributed by atoms with van der Waals surface area (Å²) in [6.45, 7) is 12.8. The molecule has 0 spiro atoms. The van der Waals surface area contributed by atoms with E-state index in [-0.39, 0.29) is 6.10 Å². The lowest BCUT2D eigenvalue weighted by molar-refractivity contribution is 0.209. The van der Waals surface area contributed by atoms with Gasteiger partial charge in [0.2, 0.25) is 0 Å². The highest BCUT2D eigenvalue weighted by Crippen LogP contribution is 2.29. The Morgan fingerprint density at radius 3 is 2.57 bits per heavy atom. The third kappa shape index (κ3) is 4.65. The van der Waals surface area contributed by atoms with Crippen molar-refractivity contribution in [2.45, 2.75) is 51.3 Å². The predicted octanol–water partition coefficient (Wildman–Crippen LogP) is 5.82. The molecule has 0 aliphatic carbocycles. The zero-order valence-corrected chi connectivity index (χ0v) is 17.8.